The molecule has 1 heteroatoms. The van der Waals surface area contributed by atoms with E-state index in [4.69, 9.17) is 0 Å². The van der Waals surface area contributed by atoms with Crippen molar-refractivity contribution in [3.05, 3.63) is 41.0 Å². The molecule has 1 rings (SSSR count). The van der Waals surface area contributed by atoms with Crippen LogP contribution in [-0.2, 0) is 0 Å². The summed E-state index contributed by atoms with van der Waals surface area (Å²) in [6.45, 7) is 9.55. The molecule has 1 nitrogen and oxygen atoms in total. The summed E-state index contributed by atoms with van der Waals surface area (Å²) < 4.78 is 0. The summed E-state index contributed by atoms with van der Waals surface area (Å²) in [7, 11) is 0. The van der Waals surface area contributed by atoms with E-state index in [0.717, 1.165) is 16.1 Å². The number of rotatable bonds is 1. The van der Waals surface area contributed by atoms with Crippen molar-refractivity contribution >= 4 is 12.7 Å². The Balaban J connectivity index is 3.36. The minimum atomic E-state index is 0.903. The third kappa shape index (κ3) is 2.04. The fourth-order valence-electron chi connectivity index (χ4n) is 0.814. The van der Waals surface area contributed by atoms with Crippen molar-refractivity contribution in [2.75, 3.05) is 0 Å². The lowest BCUT2D eigenvalue weighted by atomic mass is 10.3. The topological polar surface area (TPSA) is 12.9 Å². The monoisotopic (exact) mass is 145 g/mol. The Bertz CT molecular complexity index is 363. The van der Waals surface area contributed by atoms with Gasteiger partial charge in [-0.1, -0.05) is 24.8 Å². The highest BCUT2D eigenvalue weighted by Crippen LogP contribution is 1.83. The largest absolute Gasteiger partial charge is 0.256 e. The summed E-state index contributed by atoms with van der Waals surface area (Å²) in [6, 6.07) is 3.81. The minimum absolute atomic E-state index is 0.903. The smallest absolute Gasteiger partial charge is 0.0698 e. The molecule has 0 amide bonds. The maximum absolute atomic E-state index is 4.14. The predicted octanol–water partition coefficient (Wildman–Crippen LogP) is 0.848. The standard InChI is InChI=1S/C10H11N/c1-8(2)7-10-9(3)5-4-6-11-10/h4-7H,1,3H2,2H3/b10-7+. The van der Waals surface area contributed by atoms with E-state index in [1.54, 1.807) is 6.20 Å². The molecule has 0 aliphatic carbocycles. The number of nitrogens with zero attached hydrogens (tertiary/aromatic N) is 1. The first-order valence-corrected chi connectivity index (χ1v) is 3.47. The zero-order chi connectivity index (χ0) is 8.27. The van der Waals surface area contributed by atoms with Crippen LogP contribution in [0, 0.1) is 0 Å². The zero-order valence-electron chi connectivity index (χ0n) is 6.67. The molecular formula is C10H11N. The van der Waals surface area contributed by atoms with Gasteiger partial charge in [0.1, 0.15) is 0 Å². The van der Waals surface area contributed by atoms with Crippen LogP contribution in [0.25, 0.3) is 12.7 Å². The second-order valence-electron chi connectivity index (χ2n) is 2.54. The molecule has 0 fully saturated rings. The van der Waals surface area contributed by atoms with E-state index in [2.05, 4.69) is 18.1 Å². The molecule has 0 spiro atoms. The molecule has 0 N–H and O–H groups in total. The molecule has 1 aromatic heterocycles. The van der Waals surface area contributed by atoms with Crippen molar-refractivity contribution in [1.82, 2.24) is 4.98 Å². The lowest BCUT2D eigenvalue weighted by Gasteiger charge is -1.87. The summed E-state index contributed by atoms with van der Waals surface area (Å²) in [6.07, 6.45) is 3.67. The van der Waals surface area contributed by atoms with Crippen LogP contribution in [-0.4, -0.2) is 4.98 Å². The molecule has 0 radical (unpaired) electrons. The number of pyridine rings is 1. The van der Waals surface area contributed by atoms with E-state index >= 15 is 0 Å². The van der Waals surface area contributed by atoms with Crippen LogP contribution in [0.5, 0.6) is 0 Å². The van der Waals surface area contributed by atoms with Crippen molar-refractivity contribution in [3.8, 4) is 0 Å². The van der Waals surface area contributed by atoms with Gasteiger partial charge in [0.15, 0.2) is 0 Å². The average Bonchev–Trinajstić information content (AvgIpc) is 1.93. The molecule has 1 aromatic rings. The van der Waals surface area contributed by atoms with E-state index in [-0.39, 0.29) is 0 Å². The second kappa shape index (κ2) is 3.15. The molecule has 0 aromatic carbocycles. The van der Waals surface area contributed by atoms with Gasteiger partial charge in [-0.25, -0.2) is 0 Å². The van der Waals surface area contributed by atoms with Crippen molar-refractivity contribution in [1.29, 1.82) is 0 Å². The van der Waals surface area contributed by atoms with E-state index in [9.17, 15) is 0 Å². The summed E-state index contributed by atoms with van der Waals surface area (Å²) in [5.74, 6) is 0. The van der Waals surface area contributed by atoms with Gasteiger partial charge in [0, 0.05) is 6.20 Å². The Hall–Kier alpha value is -1.37. The molecule has 1 heterocycles. The highest BCUT2D eigenvalue weighted by molar-refractivity contribution is 5.41. The van der Waals surface area contributed by atoms with Crippen LogP contribution >= 0.6 is 0 Å². The summed E-state index contributed by atoms with van der Waals surface area (Å²) in [5, 5.41) is 1.84. The van der Waals surface area contributed by atoms with E-state index in [1.165, 1.54) is 0 Å². The molecule has 0 bridgehead atoms. The van der Waals surface area contributed by atoms with Gasteiger partial charge in [0.25, 0.3) is 0 Å². The van der Waals surface area contributed by atoms with E-state index in [0.29, 0.717) is 0 Å². The summed E-state index contributed by atoms with van der Waals surface area (Å²) in [4.78, 5) is 4.14. The summed E-state index contributed by atoms with van der Waals surface area (Å²) in [5.41, 5.74) is 0.994. The normalized spacial score (nSPS) is 11.5. The second-order valence-corrected chi connectivity index (χ2v) is 2.54. The van der Waals surface area contributed by atoms with Crippen molar-refractivity contribution in [2.45, 2.75) is 6.92 Å². The van der Waals surface area contributed by atoms with Crippen LogP contribution in [0.4, 0.5) is 0 Å². The molecule has 0 saturated heterocycles. The fourth-order valence-corrected chi connectivity index (χ4v) is 0.814. The van der Waals surface area contributed by atoms with Crippen LogP contribution in [0.1, 0.15) is 6.92 Å². The highest BCUT2D eigenvalue weighted by atomic mass is 14.6. The van der Waals surface area contributed by atoms with Crippen LogP contribution in [0.15, 0.2) is 30.5 Å². The molecule has 0 unspecified atom stereocenters. The zero-order valence-corrected chi connectivity index (χ0v) is 6.67. The predicted molar refractivity (Wildman–Crippen MR) is 48.3 cm³/mol. The first kappa shape index (κ1) is 7.73. The Kier molecular flexibility index (Phi) is 2.21. The average molecular weight is 145 g/mol. The highest BCUT2D eigenvalue weighted by Gasteiger charge is 1.81. The Labute approximate surface area is 66.4 Å². The quantitative estimate of drug-likeness (QED) is 0.571. The SMILES string of the molecule is C=C(C)/C=c1/ncccc1=C. The van der Waals surface area contributed by atoms with Crippen LogP contribution in [0.2, 0.25) is 0 Å². The van der Waals surface area contributed by atoms with E-state index < -0.39 is 0 Å². The van der Waals surface area contributed by atoms with Gasteiger partial charge in [0.05, 0.1) is 5.35 Å². The lowest BCUT2D eigenvalue weighted by Crippen LogP contribution is -2.25. The first-order valence-electron chi connectivity index (χ1n) is 3.47. The van der Waals surface area contributed by atoms with Gasteiger partial charge in [0.2, 0.25) is 0 Å². The number of hydrogen-bond acceptors (Lipinski definition) is 1. The number of aromatic nitrogens is 1. The first-order chi connectivity index (χ1) is 5.20. The molecule has 56 valence electrons. The van der Waals surface area contributed by atoms with Gasteiger partial charge in [-0.05, 0) is 24.3 Å². The summed E-state index contributed by atoms with van der Waals surface area (Å²) >= 11 is 0. The molecular weight excluding hydrogens is 134 g/mol. The van der Waals surface area contributed by atoms with E-state index in [1.807, 2.05) is 25.1 Å². The van der Waals surface area contributed by atoms with Gasteiger partial charge in [-0.15, -0.1) is 0 Å². The lowest BCUT2D eigenvalue weighted by molar-refractivity contribution is 1.22. The Morgan fingerprint density at radius 2 is 2.36 bits per heavy atom. The van der Waals surface area contributed by atoms with Crippen molar-refractivity contribution in [2.24, 2.45) is 0 Å². The molecule has 0 aliphatic rings. The van der Waals surface area contributed by atoms with Gasteiger partial charge in [-0.2, -0.15) is 0 Å². The Morgan fingerprint density at radius 3 is 2.91 bits per heavy atom. The molecule has 0 saturated carbocycles. The third-order valence-corrected chi connectivity index (χ3v) is 1.31. The third-order valence-electron chi connectivity index (χ3n) is 1.31. The van der Waals surface area contributed by atoms with Crippen LogP contribution in [0.3, 0.4) is 0 Å². The maximum Gasteiger partial charge on any atom is 0.0698 e. The number of allylic oxidation sites excluding steroid dienone is 1. The molecule has 11 heavy (non-hydrogen) atoms. The van der Waals surface area contributed by atoms with Crippen molar-refractivity contribution in [3.63, 3.8) is 0 Å². The van der Waals surface area contributed by atoms with Gasteiger partial charge < -0.3 is 0 Å². The minimum Gasteiger partial charge on any atom is -0.256 e. The van der Waals surface area contributed by atoms with Gasteiger partial charge >= 0.3 is 0 Å². The maximum atomic E-state index is 4.14. The van der Waals surface area contributed by atoms with Crippen molar-refractivity contribution < 1.29 is 0 Å². The fraction of sp³-hybridized carbons (Fsp3) is 0.100. The Morgan fingerprint density at radius 1 is 1.64 bits per heavy atom. The number of hydrogen-bond donors (Lipinski definition) is 0. The van der Waals surface area contributed by atoms with Gasteiger partial charge in [-0.3, -0.25) is 4.98 Å². The molecule has 0 atom stereocenters. The van der Waals surface area contributed by atoms with Crippen LogP contribution < -0.4 is 10.6 Å². The molecule has 0 aliphatic heterocycles.